The molecule has 0 atom stereocenters. The smallest absolute Gasteiger partial charge is 0.221 e. The van der Waals surface area contributed by atoms with Crippen LogP contribution in [-0.4, -0.2) is 24.9 Å². The molecule has 2 aromatic carbocycles. The van der Waals surface area contributed by atoms with Gasteiger partial charge in [0.05, 0.1) is 0 Å². The third-order valence-corrected chi connectivity index (χ3v) is 5.08. The Kier molecular flexibility index (Phi) is 6.04. The van der Waals surface area contributed by atoms with Crippen LogP contribution < -0.4 is 14.8 Å². The first-order chi connectivity index (χ1) is 11.7. The van der Waals surface area contributed by atoms with Crippen molar-refractivity contribution in [3.63, 3.8) is 0 Å². The fourth-order valence-electron chi connectivity index (χ4n) is 2.35. The van der Waals surface area contributed by atoms with Gasteiger partial charge in [-0.3, -0.25) is 4.79 Å². The zero-order valence-electron chi connectivity index (χ0n) is 13.1. The first-order valence-electron chi connectivity index (χ1n) is 7.75. The Balaban J connectivity index is 1.45. The fraction of sp³-hybridized carbons (Fsp3) is 0.278. The Bertz CT molecular complexity index is 706. The van der Waals surface area contributed by atoms with Crippen molar-refractivity contribution in [1.82, 2.24) is 5.32 Å². The van der Waals surface area contributed by atoms with Gasteiger partial charge in [-0.05, 0) is 30.3 Å². The summed E-state index contributed by atoms with van der Waals surface area (Å²) in [6, 6.07) is 13.8. The number of carbonyl (C=O) groups is 1. The number of halogens is 1. The molecule has 2 aromatic rings. The van der Waals surface area contributed by atoms with E-state index < -0.39 is 0 Å². The molecule has 1 N–H and O–H groups in total. The first kappa shape index (κ1) is 17.2. The summed E-state index contributed by atoms with van der Waals surface area (Å²) in [5.74, 6) is 2.28. The van der Waals surface area contributed by atoms with Crippen molar-refractivity contribution >= 4 is 33.6 Å². The fourth-order valence-corrected chi connectivity index (χ4v) is 3.46. The molecule has 0 saturated carbocycles. The minimum absolute atomic E-state index is 0.0361. The molecule has 1 aliphatic heterocycles. The van der Waals surface area contributed by atoms with E-state index in [0.29, 0.717) is 26.2 Å². The molecular formula is C18H18BrNO3S. The molecule has 0 radical (unpaired) electrons. The zero-order chi connectivity index (χ0) is 16.8. The third-order valence-electron chi connectivity index (χ3n) is 3.54. The van der Waals surface area contributed by atoms with Gasteiger partial charge in [-0.15, -0.1) is 11.8 Å². The number of carbonyl (C=O) groups excluding carboxylic acids is 1. The van der Waals surface area contributed by atoms with Gasteiger partial charge >= 0.3 is 0 Å². The molecule has 0 aromatic heterocycles. The van der Waals surface area contributed by atoms with E-state index >= 15 is 0 Å². The number of ether oxygens (including phenoxy) is 2. The second-order valence-electron chi connectivity index (χ2n) is 5.27. The summed E-state index contributed by atoms with van der Waals surface area (Å²) >= 11 is 5.09. The van der Waals surface area contributed by atoms with Crippen LogP contribution in [0.1, 0.15) is 12.0 Å². The van der Waals surface area contributed by atoms with Crippen molar-refractivity contribution in [3.8, 4) is 11.5 Å². The molecule has 24 heavy (non-hydrogen) atoms. The highest BCUT2D eigenvalue weighted by Crippen LogP contribution is 2.33. The van der Waals surface area contributed by atoms with Crippen LogP contribution in [0.4, 0.5) is 0 Å². The highest BCUT2D eigenvalue weighted by molar-refractivity contribution is 9.10. The van der Waals surface area contributed by atoms with Crippen molar-refractivity contribution in [2.24, 2.45) is 0 Å². The van der Waals surface area contributed by atoms with E-state index in [0.717, 1.165) is 32.2 Å². The van der Waals surface area contributed by atoms with Gasteiger partial charge in [0.15, 0.2) is 11.5 Å². The number of fused-ring (bicyclic) bond motifs is 1. The average Bonchev–Trinajstić information content (AvgIpc) is 2.61. The largest absolute Gasteiger partial charge is 0.486 e. The van der Waals surface area contributed by atoms with Crippen LogP contribution >= 0.6 is 27.7 Å². The number of hydrogen-bond acceptors (Lipinski definition) is 4. The van der Waals surface area contributed by atoms with E-state index in [1.54, 1.807) is 11.8 Å². The van der Waals surface area contributed by atoms with Crippen LogP contribution in [0.2, 0.25) is 0 Å². The van der Waals surface area contributed by atoms with Crippen LogP contribution in [0.5, 0.6) is 11.5 Å². The number of nitrogens with one attached hydrogen (secondary N) is 1. The van der Waals surface area contributed by atoms with E-state index in [4.69, 9.17) is 9.47 Å². The van der Waals surface area contributed by atoms with Gasteiger partial charge in [-0.1, -0.05) is 28.1 Å². The lowest BCUT2D eigenvalue weighted by Gasteiger charge is -2.21. The molecule has 3 rings (SSSR count). The molecule has 4 nitrogen and oxygen atoms in total. The lowest BCUT2D eigenvalue weighted by Crippen LogP contribution is -2.24. The van der Waals surface area contributed by atoms with Gasteiger partial charge < -0.3 is 14.8 Å². The molecule has 0 spiro atoms. The van der Waals surface area contributed by atoms with Gasteiger partial charge in [-0.25, -0.2) is 0 Å². The molecule has 0 unspecified atom stereocenters. The Morgan fingerprint density at radius 2 is 1.92 bits per heavy atom. The number of rotatable bonds is 6. The normalized spacial score (nSPS) is 12.7. The molecule has 126 valence electrons. The van der Waals surface area contributed by atoms with Gasteiger partial charge in [-0.2, -0.15) is 0 Å². The van der Waals surface area contributed by atoms with E-state index in [-0.39, 0.29) is 5.91 Å². The molecule has 0 aliphatic carbocycles. The summed E-state index contributed by atoms with van der Waals surface area (Å²) < 4.78 is 12.3. The Hall–Kier alpha value is -1.66. The molecule has 1 aliphatic rings. The molecule has 0 fully saturated rings. The second-order valence-corrected chi connectivity index (χ2v) is 7.35. The van der Waals surface area contributed by atoms with Crippen LogP contribution in [-0.2, 0) is 11.3 Å². The van der Waals surface area contributed by atoms with Crippen molar-refractivity contribution in [3.05, 3.63) is 52.5 Å². The monoisotopic (exact) mass is 407 g/mol. The van der Waals surface area contributed by atoms with Crippen molar-refractivity contribution < 1.29 is 14.3 Å². The number of hydrogen-bond donors (Lipinski definition) is 1. The average molecular weight is 408 g/mol. The maximum absolute atomic E-state index is 12.0. The van der Waals surface area contributed by atoms with Gasteiger partial charge in [0.25, 0.3) is 0 Å². The summed E-state index contributed by atoms with van der Waals surface area (Å²) in [7, 11) is 0. The minimum atomic E-state index is 0.0361. The number of para-hydroxylation sites is 1. The van der Waals surface area contributed by atoms with Crippen LogP contribution in [0.3, 0.4) is 0 Å². The van der Waals surface area contributed by atoms with E-state index in [9.17, 15) is 4.79 Å². The first-order valence-corrected chi connectivity index (χ1v) is 9.53. The molecule has 1 heterocycles. The number of thioether (sulfide) groups is 1. The second kappa shape index (κ2) is 8.44. The van der Waals surface area contributed by atoms with Gasteiger partial charge in [0.2, 0.25) is 5.91 Å². The van der Waals surface area contributed by atoms with Crippen LogP contribution in [0, 0.1) is 0 Å². The highest BCUT2D eigenvalue weighted by Gasteiger charge is 2.15. The molecular weight excluding hydrogens is 390 g/mol. The maximum atomic E-state index is 12.0. The Morgan fingerprint density at radius 1 is 1.12 bits per heavy atom. The third kappa shape index (κ3) is 4.68. The van der Waals surface area contributed by atoms with Crippen molar-refractivity contribution in [1.29, 1.82) is 0 Å². The van der Waals surface area contributed by atoms with Crippen LogP contribution in [0.25, 0.3) is 0 Å². The highest BCUT2D eigenvalue weighted by atomic mass is 79.9. The standard InChI is InChI=1S/C18H18BrNO3S/c19-14-4-6-15(7-5-14)24-11-8-17(21)20-12-13-2-1-3-16-18(13)23-10-9-22-16/h1-7H,8-12H2,(H,20,21). The predicted molar refractivity (Wildman–Crippen MR) is 98.8 cm³/mol. The van der Waals surface area contributed by atoms with Gasteiger partial charge in [0.1, 0.15) is 13.2 Å². The minimum Gasteiger partial charge on any atom is -0.486 e. The summed E-state index contributed by atoms with van der Waals surface area (Å²) in [5.41, 5.74) is 0.945. The molecule has 0 bridgehead atoms. The number of amides is 1. The zero-order valence-corrected chi connectivity index (χ0v) is 15.5. The molecule has 0 saturated heterocycles. The Labute approximate surface area is 154 Å². The van der Waals surface area contributed by atoms with Crippen molar-refractivity contribution in [2.75, 3.05) is 19.0 Å². The van der Waals surface area contributed by atoms with Crippen LogP contribution in [0.15, 0.2) is 51.8 Å². The lowest BCUT2D eigenvalue weighted by molar-refractivity contribution is -0.120. The summed E-state index contributed by atoms with van der Waals surface area (Å²) in [5, 5.41) is 2.95. The maximum Gasteiger partial charge on any atom is 0.221 e. The SMILES string of the molecule is O=C(CCSc1ccc(Br)cc1)NCc1cccc2c1OCCO2. The lowest BCUT2D eigenvalue weighted by atomic mass is 10.1. The Morgan fingerprint density at radius 3 is 2.75 bits per heavy atom. The molecule has 1 amide bonds. The predicted octanol–water partition coefficient (Wildman–Crippen LogP) is 4.02. The van der Waals surface area contributed by atoms with E-state index in [1.165, 1.54) is 0 Å². The summed E-state index contributed by atoms with van der Waals surface area (Å²) in [6.45, 7) is 1.56. The van der Waals surface area contributed by atoms with Crippen molar-refractivity contribution in [2.45, 2.75) is 17.9 Å². The van der Waals surface area contributed by atoms with E-state index in [2.05, 4.69) is 21.2 Å². The van der Waals surface area contributed by atoms with Gasteiger partial charge in [0, 0.05) is 33.7 Å². The topological polar surface area (TPSA) is 47.6 Å². The molecule has 6 heteroatoms. The summed E-state index contributed by atoms with van der Waals surface area (Å²) in [6.07, 6.45) is 0.479. The summed E-state index contributed by atoms with van der Waals surface area (Å²) in [4.78, 5) is 13.2. The number of benzene rings is 2. The quantitative estimate of drug-likeness (QED) is 0.734. The van der Waals surface area contributed by atoms with E-state index in [1.807, 2.05) is 42.5 Å².